The Kier molecular flexibility index (Phi) is 6.53. The Morgan fingerprint density at radius 1 is 1.04 bits per heavy atom. The van der Waals surface area contributed by atoms with Crippen molar-refractivity contribution in [3.8, 4) is 11.5 Å². The van der Waals surface area contributed by atoms with Gasteiger partial charge in [0.2, 0.25) is 0 Å². The number of rotatable bonds is 7. The van der Waals surface area contributed by atoms with Gasteiger partial charge in [0, 0.05) is 6.04 Å². The Bertz CT molecular complexity index is 821. The second-order valence-electron chi connectivity index (χ2n) is 6.84. The van der Waals surface area contributed by atoms with E-state index in [0.29, 0.717) is 30.3 Å². The summed E-state index contributed by atoms with van der Waals surface area (Å²) in [5.41, 5.74) is 1.54. The molecular weight excluding hydrogens is 358 g/mol. The fraction of sp³-hybridized carbons (Fsp3) is 0.364. The predicted molar refractivity (Wildman–Crippen MR) is 105 cm³/mol. The molecule has 0 fully saturated rings. The van der Waals surface area contributed by atoms with Gasteiger partial charge < -0.3 is 19.5 Å². The summed E-state index contributed by atoms with van der Waals surface area (Å²) >= 11 is 0. The summed E-state index contributed by atoms with van der Waals surface area (Å²) in [6.07, 6.45) is 0.784. The molecule has 148 valence electrons. The van der Waals surface area contributed by atoms with Crippen molar-refractivity contribution in [3.05, 3.63) is 59.7 Å². The molecule has 0 unspecified atom stereocenters. The SMILES string of the molecule is C[C@H](OC(=O)c1ccc2c(c1)OCCO2)C(=O)N[C@@H](C)CCc1ccccc1. The molecule has 28 heavy (non-hydrogen) atoms. The number of benzene rings is 2. The van der Waals surface area contributed by atoms with Crippen LogP contribution in [0.15, 0.2) is 48.5 Å². The number of carbonyl (C=O) groups excluding carboxylic acids is 2. The van der Waals surface area contributed by atoms with Gasteiger partial charge in [-0.05, 0) is 50.5 Å². The van der Waals surface area contributed by atoms with Crippen molar-refractivity contribution in [2.24, 2.45) is 0 Å². The summed E-state index contributed by atoms with van der Waals surface area (Å²) in [6.45, 7) is 4.42. The molecule has 0 radical (unpaired) electrons. The van der Waals surface area contributed by atoms with Gasteiger partial charge >= 0.3 is 5.97 Å². The highest BCUT2D eigenvalue weighted by Crippen LogP contribution is 2.31. The molecule has 1 N–H and O–H groups in total. The highest BCUT2D eigenvalue weighted by molar-refractivity contribution is 5.92. The topological polar surface area (TPSA) is 73.9 Å². The number of ether oxygens (including phenoxy) is 3. The zero-order chi connectivity index (χ0) is 19.9. The summed E-state index contributed by atoms with van der Waals surface area (Å²) < 4.78 is 16.2. The molecule has 1 aliphatic heterocycles. The number of aryl methyl sites for hydroxylation is 1. The van der Waals surface area contributed by atoms with Crippen molar-refractivity contribution in [1.29, 1.82) is 0 Å². The monoisotopic (exact) mass is 383 g/mol. The molecule has 6 nitrogen and oxygen atoms in total. The van der Waals surface area contributed by atoms with E-state index in [1.54, 1.807) is 25.1 Å². The molecule has 2 atom stereocenters. The minimum atomic E-state index is -0.889. The highest BCUT2D eigenvalue weighted by Gasteiger charge is 2.22. The molecule has 1 heterocycles. The third-order valence-corrected chi connectivity index (χ3v) is 4.53. The number of hydrogen-bond donors (Lipinski definition) is 1. The van der Waals surface area contributed by atoms with E-state index in [9.17, 15) is 9.59 Å². The third-order valence-electron chi connectivity index (χ3n) is 4.53. The van der Waals surface area contributed by atoms with Crippen LogP contribution in [0.3, 0.4) is 0 Å². The Morgan fingerprint density at radius 2 is 1.75 bits per heavy atom. The van der Waals surface area contributed by atoms with Crippen LogP contribution in [-0.2, 0) is 16.0 Å². The lowest BCUT2D eigenvalue weighted by molar-refractivity contribution is -0.129. The average Bonchev–Trinajstić information content (AvgIpc) is 2.72. The molecule has 0 bridgehead atoms. The summed E-state index contributed by atoms with van der Waals surface area (Å²) in [4.78, 5) is 24.7. The summed E-state index contributed by atoms with van der Waals surface area (Å²) in [6, 6.07) is 14.9. The van der Waals surface area contributed by atoms with Gasteiger partial charge in [-0.2, -0.15) is 0 Å². The summed E-state index contributed by atoms with van der Waals surface area (Å²) in [7, 11) is 0. The fourth-order valence-electron chi connectivity index (χ4n) is 2.91. The minimum Gasteiger partial charge on any atom is -0.486 e. The maximum absolute atomic E-state index is 12.3. The quantitative estimate of drug-likeness (QED) is 0.744. The first kappa shape index (κ1) is 19.7. The first-order chi connectivity index (χ1) is 13.5. The molecule has 2 aromatic carbocycles. The predicted octanol–water partition coefficient (Wildman–Crippen LogP) is 3.14. The summed E-state index contributed by atoms with van der Waals surface area (Å²) in [5, 5.41) is 2.90. The number of esters is 1. The van der Waals surface area contributed by atoms with Gasteiger partial charge in [-0.1, -0.05) is 30.3 Å². The molecule has 0 aliphatic carbocycles. The third kappa shape index (κ3) is 5.25. The van der Waals surface area contributed by atoms with Gasteiger partial charge in [0.25, 0.3) is 5.91 Å². The standard InChI is InChI=1S/C22H25NO5/c1-15(8-9-17-6-4-3-5-7-17)23-21(24)16(2)28-22(25)18-10-11-19-20(14-18)27-13-12-26-19/h3-7,10-11,14-16H,8-9,12-13H2,1-2H3,(H,23,24)/t15-,16-/m0/s1. The van der Waals surface area contributed by atoms with Gasteiger partial charge in [-0.25, -0.2) is 4.79 Å². The maximum Gasteiger partial charge on any atom is 0.339 e. The Labute approximate surface area is 164 Å². The van der Waals surface area contributed by atoms with Crippen molar-refractivity contribution in [2.45, 2.75) is 38.8 Å². The van der Waals surface area contributed by atoms with Gasteiger partial charge in [0.15, 0.2) is 17.6 Å². The van der Waals surface area contributed by atoms with E-state index in [1.807, 2.05) is 25.1 Å². The normalized spacial score (nSPS) is 14.6. The van der Waals surface area contributed by atoms with Crippen molar-refractivity contribution < 1.29 is 23.8 Å². The number of amides is 1. The Morgan fingerprint density at radius 3 is 2.50 bits per heavy atom. The van der Waals surface area contributed by atoms with E-state index in [-0.39, 0.29) is 11.9 Å². The first-order valence-corrected chi connectivity index (χ1v) is 9.48. The van der Waals surface area contributed by atoms with Gasteiger partial charge in [0.05, 0.1) is 5.56 Å². The molecule has 0 aromatic heterocycles. The second-order valence-corrected chi connectivity index (χ2v) is 6.84. The minimum absolute atomic E-state index is 0.0249. The second kappa shape index (κ2) is 9.26. The maximum atomic E-state index is 12.3. The molecule has 2 aromatic rings. The smallest absolute Gasteiger partial charge is 0.339 e. The van der Waals surface area contributed by atoms with Crippen LogP contribution in [-0.4, -0.2) is 37.2 Å². The van der Waals surface area contributed by atoms with E-state index in [4.69, 9.17) is 14.2 Å². The van der Waals surface area contributed by atoms with E-state index < -0.39 is 12.1 Å². The highest BCUT2D eigenvalue weighted by atomic mass is 16.6. The molecular formula is C22H25NO5. The first-order valence-electron chi connectivity index (χ1n) is 9.48. The zero-order valence-corrected chi connectivity index (χ0v) is 16.1. The van der Waals surface area contributed by atoms with E-state index in [1.165, 1.54) is 5.56 Å². The van der Waals surface area contributed by atoms with Gasteiger partial charge in [-0.3, -0.25) is 4.79 Å². The van der Waals surface area contributed by atoms with Crippen LogP contribution in [0.1, 0.15) is 36.2 Å². The van der Waals surface area contributed by atoms with Crippen LogP contribution in [0.4, 0.5) is 0 Å². The molecule has 0 saturated heterocycles. The molecule has 1 aliphatic rings. The lowest BCUT2D eigenvalue weighted by Gasteiger charge is -2.20. The number of carbonyl (C=O) groups is 2. The molecule has 6 heteroatoms. The van der Waals surface area contributed by atoms with Gasteiger partial charge in [-0.15, -0.1) is 0 Å². The van der Waals surface area contributed by atoms with Crippen LogP contribution in [0, 0.1) is 0 Å². The molecule has 3 rings (SSSR count). The average molecular weight is 383 g/mol. The molecule has 0 spiro atoms. The van der Waals surface area contributed by atoms with E-state index in [2.05, 4.69) is 17.4 Å². The van der Waals surface area contributed by atoms with Crippen LogP contribution < -0.4 is 14.8 Å². The van der Waals surface area contributed by atoms with Gasteiger partial charge in [0.1, 0.15) is 13.2 Å². The Balaban J connectivity index is 1.48. The van der Waals surface area contributed by atoms with Crippen LogP contribution in [0.5, 0.6) is 11.5 Å². The Hall–Kier alpha value is -3.02. The van der Waals surface area contributed by atoms with Crippen molar-refractivity contribution in [1.82, 2.24) is 5.32 Å². The van der Waals surface area contributed by atoms with Crippen molar-refractivity contribution >= 4 is 11.9 Å². The number of fused-ring (bicyclic) bond motifs is 1. The van der Waals surface area contributed by atoms with E-state index in [0.717, 1.165) is 12.8 Å². The lowest BCUT2D eigenvalue weighted by Crippen LogP contribution is -2.41. The number of nitrogens with one attached hydrogen (secondary N) is 1. The molecule has 1 amide bonds. The number of hydrogen-bond acceptors (Lipinski definition) is 5. The van der Waals surface area contributed by atoms with Crippen molar-refractivity contribution in [2.75, 3.05) is 13.2 Å². The van der Waals surface area contributed by atoms with Crippen LogP contribution >= 0.6 is 0 Å². The molecule has 0 saturated carbocycles. The lowest BCUT2D eigenvalue weighted by atomic mass is 10.1. The fourth-order valence-corrected chi connectivity index (χ4v) is 2.91. The van der Waals surface area contributed by atoms with Crippen molar-refractivity contribution in [3.63, 3.8) is 0 Å². The van der Waals surface area contributed by atoms with Crippen LogP contribution in [0.25, 0.3) is 0 Å². The summed E-state index contributed by atoms with van der Waals surface area (Å²) in [5.74, 6) is 0.219. The zero-order valence-electron chi connectivity index (χ0n) is 16.1. The van der Waals surface area contributed by atoms with E-state index >= 15 is 0 Å². The largest absolute Gasteiger partial charge is 0.486 e. The van der Waals surface area contributed by atoms with Crippen LogP contribution in [0.2, 0.25) is 0 Å².